The largest absolute Gasteiger partial charge is 0.573 e. The first kappa shape index (κ1) is 25.1. The minimum absolute atomic E-state index is 0.0214. The molecule has 2 aromatic rings. The van der Waals surface area contributed by atoms with Gasteiger partial charge in [0.15, 0.2) is 0 Å². The van der Waals surface area contributed by atoms with Gasteiger partial charge in [-0.1, -0.05) is 35.9 Å². The monoisotopic (exact) mass is 494 g/mol. The van der Waals surface area contributed by atoms with Crippen LogP contribution in [-0.2, 0) is 9.59 Å². The summed E-state index contributed by atoms with van der Waals surface area (Å²) in [6.45, 7) is 0.345. The van der Waals surface area contributed by atoms with Gasteiger partial charge in [0, 0.05) is 35.8 Å². The van der Waals surface area contributed by atoms with E-state index in [1.54, 1.807) is 6.07 Å². The smallest absolute Gasteiger partial charge is 0.405 e. The summed E-state index contributed by atoms with van der Waals surface area (Å²) in [6.07, 6.45) is -1.12. The van der Waals surface area contributed by atoms with Crippen LogP contribution in [0.5, 0.6) is 5.75 Å². The van der Waals surface area contributed by atoms with E-state index in [0.717, 1.165) is 18.8 Å². The van der Waals surface area contributed by atoms with E-state index in [1.165, 1.54) is 41.3 Å². The van der Waals surface area contributed by atoms with Crippen LogP contribution in [0.3, 0.4) is 0 Å². The van der Waals surface area contributed by atoms with Crippen LogP contribution in [0.25, 0.3) is 11.1 Å². The van der Waals surface area contributed by atoms with E-state index in [0.29, 0.717) is 25.1 Å². The van der Waals surface area contributed by atoms with Gasteiger partial charge >= 0.3 is 6.36 Å². The van der Waals surface area contributed by atoms with Crippen LogP contribution in [0.1, 0.15) is 19.3 Å². The first-order chi connectivity index (χ1) is 16.1. The van der Waals surface area contributed by atoms with Crippen molar-refractivity contribution in [2.45, 2.75) is 31.7 Å². The maximum absolute atomic E-state index is 13.0. The molecule has 0 spiro atoms. The lowest BCUT2D eigenvalue weighted by atomic mass is 10.00. The number of anilines is 1. The van der Waals surface area contributed by atoms with Gasteiger partial charge in [0.2, 0.25) is 5.91 Å². The fraction of sp³-hybridized carbons (Fsp3) is 0.261. The summed E-state index contributed by atoms with van der Waals surface area (Å²) in [5.41, 5.74) is 6.13. The van der Waals surface area contributed by atoms with E-state index in [4.69, 9.17) is 22.7 Å². The van der Waals surface area contributed by atoms with E-state index in [9.17, 15) is 22.8 Å². The Labute approximate surface area is 198 Å². The lowest BCUT2D eigenvalue weighted by Crippen LogP contribution is -2.50. The number of piperidine rings is 1. The molecule has 1 aliphatic rings. The van der Waals surface area contributed by atoms with Gasteiger partial charge in [-0.3, -0.25) is 9.59 Å². The van der Waals surface area contributed by atoms with Crippen molar-refractivity contribution in [3.63, 3.8) is 0 Å². The third-order valence-electron chi connectivity index (χ3n) is 5.29. The van der Waals surface area contributed by atoms with Crippen LogP contribution in [0, 0.1) is 5.41 Å². The molecule has 34 heavy (non-hydrogen) atoms. The van der Waals surface area contributed by atoms with E-state index < -0.39 is 30.0 Å². The molecule has 2 amide bonds. The number of halogens is 4. The maximum atomic E-state index is 13.0. The predicted octanol–water partition coefficient (Wildman–Crippen LogP) is 4.72. The van der Waals surface area contributed by atoms with Gasteiger partial charge < -0.3 is 26.1 Å². The number of para-hydroxylation sites is 1. The highest BCUT2D eigenvalue weighted by molar-refractivity contribution is 6.33. The molecule has 0 aliphatic carbocycles. The average Bonchev–Trinajstić information content (AvgIpc) is 2.79. The molecule has 1 unspecified atom stereocenters. The second kappa shape index (κ2) is 10.6. The van der Waals surface area contributed by atoms with Crippen molar-refractivity contribution in [3.8, 4) is 16.9 Å². The Morgan fingerprint density at radius 3 is 2.56 bits per heavy atom. The maximum Gasteiger partial charge on any atom is 0.573 e. The number of carbonyl (C=O) groups excluding carboxylic acids is 2. The van der Waals surface area contributed by atoms with Crippen LogP contribution < -0.4 is 15.8 Å². The fourth-order valence-electron chi connectivity index (χ4n) is 3.73. The highest BCUT2D eigenvalue weighted by atomic mass is 35.5. The molecule has 1 saturated heterocycles. The molecule has 0 saturated carbocycles. The van der Waals surface area contributed by atoms with Crippen molar-refractivity contribution in [2.75, 3.05) is 11.9 Å². The summed E-state index contributed by atoms with van der Waals surface area (Å²) in [5.74, 6) is -1.36. The number of ether oxygens (including phenoxy) is 1. The molecule has 180 valence electrons. The predicted molar refractivity (Wildman–Crippen MR) is 123 cm³/mol. The number of alkyl halides is 3. The summed E-state index contributed by atoms with van der Waals surface area (Å²) < 4.78 is 42.4. The number of hydrogen-bond donors (Lipinski definition) is 3. The van der Waals surface area contributed by atoms with Crippen molar-refractivity contribution in [1.82, 2.24) is 4.90 Å². The number of likely N-dealkylation sites (tertiary alicyclic amines) is 1. The molecule has 7 nitrogen and oxygen atoms in total. The molecule has 3 rings (SSSR count). The number of nitrogens with zero attached hydrogens (tertiary/aromatic N) is 1. The fourth-order valence-corrected chi connectivity index (χ4v) is 4.02. The van der Waals surface area contributed by atoms with E-state index in [-0.39, 0.29) is 21.7 Å². The van der Waals surface area contributed by atoms with Crippen molar-refractivity contribution >= 4 is 35.3 Å². The molecule has 11 heteroatoms. The zero-order chi connectivity index (χ0) is 24.9. The molecular formula is C23H22ClF3N4O3. The molecule has 0 bridgehead atoms. The van der Waals surface area contributed by atoms with Crippen molar-refractivity contribution in [1.29, 1.82) is 5.41 Å². The number of nitrogens with one attached hydrogen (secondary N) is 2. The number of amides is 2. The summed E-state index contributed by atoms with van der Waals surface area (Å²) >= 11 is 6.34. The lowest BCUT2D eigenvalue weighted by Gasteiger charge is -2.34. The van der Waals surface area contributed by atoms with Gasteiger partial charge in [-0.25, -0.2) is 0 Å². The number of carbonyl (C=O) groups is 2. The van der Waals surface area contributed by atoms with E-state index >= 15 is 0 Å². The standard InChI is InChI=1S/C23H22ClF3N4O3/c24-18-11-15(8-9-16(18)17-5-1-2-7-20(17)34-23(25,26)27)30-21(32)19-6-3-4-10-31(19)22(33)14(12-28)13-29/h1-2,5,7-9,11-13,19,28H,3-4,6,10,29H2,(H,30,32). The molecule has 1 heterocycles. The molecule has 1 atom stereocenters. The van der Waals surface area contributed by atoms with Crippen molar-refractivity contribution < 1.29 is 27.5 Å². The van der Waals surface area contributed by atoms with Crippen LogP contribution in [0.15, 0.2) is 54.2 Å². The van der Waals surface area contributed by atoms with Gasteiger partial charge in [-0.2, -0.15) is 0 Å². The molecule has 2 aromatic carbocycles. The van der Waals surface area contributed by atoms with E-state index in [1.807, 2.05) is 0 Å². The molecule has 1 aliphatic heterocycles. The summed E-state index contributed by atoms with van der Waals surface area (Å²) in [7, 11) is 0. The second-order valence-corrected chi connectivity index (χ2v) is 7.91. The summed E-state index contributed by atoms with van der Waals surface area (Å²) in [5, 5.41) is 10.1. The minimum Gasteiger partial charge on any atom is -0.405 e. The molecular weight excluding hydrogens is 473 g/mol. The lowest BCUT2D eigenvalue weighted by molar-refractivity contribution is -0.274. The van der Waals surface area contributed by atoms with Gasteiger partial charge in [-0.05, 0) is 37.5 Å². The highest BCUT2D eigenvalue weighted by Crippen LogP contribution is 2.38. The van der Waals surface area contributed by atoms with Crippen LogP contribution >= 0.6 is 11.6 Å². The Balaban J connectivity index is 1.81. The number of nitrogens with two attached hydrogens (primary N) is 1. The average molecular weight is 495 g/mol. The normalized spacial score (nSPS) is 16.6. The number of benzene rings is 2. The second-order valence-electron chi connectivity index (χ2n) is 7.50. The quantitative estimate of drug-likeness (QED) is 0.399. The van der Waals surface area contributed by atoms with Crippen molar-refractivity contribution in [2.24, 2.45) is 5.73 Å². The summed E-state index contributed by atoms with van der Waals surface area (Å²) in [6, 6.07) is 9.21. The van der Waals surface area contributed by atoms with Gasteiger partial charge in [-0.15, -0.1) is 13.2 Å². The first-order valence-electron chi connectivity index (χ1n) is 10.3. The Kier molecular flexibility index (Phi) is 7.83. The SMILES string of the molecule is N=CC(=CN)C(=O)N1CCCCC1C(=O)Nc1ccc(-c2ccccc2OC(F)(F)F)c(Cl)c1. The topological polar surface area (TPSA) is 109 Å². The molecule has 4 N–H and O–H groups in total. The van der Waals surface area contributed by atoms with Gasteiger partial charge in [0.1, 0.15) is 11.8 Å². The third-order valence-corrected chi connectivity index (χ3v) is 5.60. The molecule has 0 radical (unpaired) electrons. The van der Waals surface area contributed by atoms with Crippen LogP contribution in [-0.4, -0.2) is 41.9 Å². The zero-order valence-electron chi connectivity index (χ0n) is 17.9. The Morgan fingerprint density at radius 1 is 1.18 bits per heavy atom. The Morgan fingerprint density at radius 2 is 1.91 bits per heavy atom. The van der Waals surface area contributed by atoms with Crippen LogP contribution in [0.2, 0.25) is 5.02 Å². The molecule has 0 aromatic heterocycles. The first-order valence-corrected chi connectivity index (χ1v) is 10.7. The summed E-state index contributed by atoms with van der Waals surface area (Å²) in [4.78, 5) is 27.0. The van der Waals surface area contributed by atoms with Gasteiger partial charge in [0.25, 0.3) is 5.91 Å². The third kappa shape index (κ3) is 5.88. The Bertz CT molecular complexity index is 1120. The van der Waals surface area contributed by atoms with Crippen LogP contribution in [0.4, 0.5) is 18.9 Å². The molecule has 1 fully saturated rings. The Hall–Kier alpha value is -3.53. The zero-order valence-corrected chi connectivity index (χ0v) is 18.6. The minimum atomic E-state index is -4.86. The highest BCUT2D eigenvalue weighted by Gasteiger charge is 2.34. The van der Waals surface area contributed by atoms with Gasteiger partial charge in [0.05, 0.1) is 10.6 Å². The van der Waals surface area contributed by atoms with Crippen molar-refractivity contribution in [3.05, 3.63) is 59.3 Å². The van der Waals surface area contributed by atoms with E-state index in [2.05, 4.69) is 10.1 Å². The number of rotatable bonds is 6. The number of hydrogen-bond acceptors (Lipinski definition) is 5.